The van der Waals surface area contributed by atoms with Gasteiger partial charge in [0, 0.05) is 12.6 Å². The first-order chi connectivity index (χ1) is 10.6. The molecule has 0 spiro atoms. The van der Waals surface area contributed by atoms with Crippen LogP contribution < -0.4 is 10.1 Å². The molecular weight excluding hydrogens is 282 g/mol. The number of ether oxygens (including phenoxy) is 1. The van der Waals surface area contributed by atoms with Gasteiger partial charge in [-0.05, 0) is 36.8 Å². The second-order valence-corrected chi connectivity index (χ2v) is 4.69. The number of nitrogens with zero attached hydrogens (tertiary/aromatic N) is 2. The molecule has 0 unspecified atom stereocenters. The minimum Gasteiger partial charge on any atom is -0.492 e. The molecule has 112 valence electrons. The van der Waals surface area contributed by atoms with Gasteiger partial charge in [-0.2, -0.15) is 5.26 Å². The van der Waals surface area contributed by atoms with Gasteiger partial charge in [-0.25, -0.2) is 0 Å². The van der Waals surface area contributed by atoms with Crippen LogP contribution in [-0.4, -0.2) is 18.1 Å². The Kier molecular flexibility index (Phi) is 4.94. The van der Waals surface area contributed by atoms with E-state index >= 15 is 0 Å². The first-order valence-corrected chi connectivity index (χ1v) is 6.72. The first-order valence-electron chi connectivity index (χ1n) is 6.72. The monoisotopic (exact) mass is 297 g/mol. The summed E-state index contributed by atoms with van der Waals surface area (Å²) in [5.41, 5.74) is 1.62. The first kappa shape index (κ1) is 15.3. The van der Waals surface area contributed by atoms with Crippen LogP contribution in [0.1, 0.15) is 11.1 Å². The van der Waals surface area contributed by atoms with Crippen molar-refractivity contribution in [2.24, 2.45) is 0 Å². The predicted molar refractivity (Wildman–Crippen MR) is 83.0 cm³/mol. The molecule has 2 aromatic rings. The number of nitro benzene ring substituents is 1. The molecule has 0 saturated carbocycles. The fourth-order valence-corrected chi connectivity index (χ4v) is 1.96. The summed E-state index contributed by atoms with van der Waals surface area (Å²) in [7, 11) is 0. The molecule has 0 aromatic heterocycles. The zero-order valence-electron chi connectivity index (χ0n) is 12.1. The van der Waals surface area contributed by atoms with Crippen molar-refractivity contribution in [2.75, 3.05) is 18.5 Å². The lowest BCUT2D eigenvalue weighted by atomic mass is 10.2. The van der Waals surface area contributed by atoms with Gasteiger partial charge < -0.3 is 10.1 Å². The van der Waals surface area contributed by atoms with E-state index in [1.807, 2.05) is 37.3 Å². The maximum atomic E-state index is 11.0. The van der Waals surface area contributed by atoms with Gasteiger partial charge in [0.05, 0.1) is 16.6 Å². The Morgan fingerprint density at radius 3 is 2.82 bits per heavy atom. The molecule has 0 saturated heterocycles. The minimum atomic E-state index is -0.509. The van der Waals surface area contributed by atoms with Crippen LogP contribution in [0.5, 0.6) is 5.75 Å². The van der Waals surface area contributed by atoms with E-state index in [2.05, 4.69) is 5.32 Å². The summed E-state index contributed by atoms with van der Waals surface area (Å²) in [5.74, 6) is 0.760. The SMILES string of the molecule is Cc1cccc(OCCNc2ccc(C#N)cc2[N+](=O)[O-])c1. The molecule has 6 heteroatoms. The van der Waals surface area contributed by atoms with E-state index in [0.29, 0.717) is 18.8 Å². The molecule has 0 atom stereocenters. The van der Waals surface area contributed by atoms with Crippen LogP contribution in [0.15, 0.2) is 42.5 Å². The van der Waals surface area contributed by atoms with Gasteiger partial charge in [0.25, 0.3) is 5.69 Å². The predicted octanol–water partition coefficient (Wildman–Crippen LogP) is 3.27. The average molecular weight is 297 g/mol. The van der Waals surface area contributed by atoms with Crippen LogP contribution in [0.4, 0.5) is 11.4 Å². The highest BCUT2D eigenvalue weighted by atomic mass is 16.6. The summed E-state index contributed by atoms with van der Waals surface area (Å²) < 4.78 is 5.57. The molecule has 1 N–H and O–H groups in total. The maximum absolute atomic E-state index is 11.0. The maximum Gasteiger partial charge on any atom is 0.293 e. The van der Waals surface area contributed by atoms with Crippen LogP contribution in [0.2, 0.25) is 0 Å². The average Bonchev–Trinajstić information content (AvgIpc) is 2.51. The van der Waals surface area contributed by atoms with Crippen LogP contribution in [-0.2, 0) is 0 Å². The standard InChI is InChI=1S/C16H15N3O3/c1-12-3-2-4-14(9-12)22-8-7-18-15-6-5-13(11-17)10-16(15)19(20)21/h2-6,9-10,18H,7-8H2,1H3. The summed E-state index contributed by atoms with van der Waals surface area (Å²) >= 11 is 0. The lowest BCUT2D eigenvalue weighted by Gasteiger charge is -2.09. The molecule has 0 aliphatic heterocycles. The topological polar surface area (TPSA) is 88.2 Å². The lowest BCUT2D eigenvalue weighted by molar-refractivity contribution is -0.384. The van der Waals surface area contributed by atoms with E-state index in [0.717, 1.165) is 11.3 Å². The molecule has 22 heavy (non-hydrogen) atoms. The quantitative estimate of drug-likeness (QED) is 0.502. The molecule has 0 amide bonds. The molecule has 6 nitrogen and oxygen atoms in total. The van der Waals surface area contributed by atoms with E-state index in [-0.39, 0.29) is 11.3 Å². The van der Waals surface area contributed by atoms with Crippen LogP contribution in [0.25, 0.3) is 0 Å². The molecule has 0 bridgehead atoms. The third kappa shape index (κ3) is 3.96. The molecule has 0 fully saturated rings. The highest BCUT2D eigenvalue weighted by Crippen LogP contribution is 2.25. The van der Waals surface area contributed by atoms with Gasteiger partial charge >= 0.3 is 0 Å². The Morgan fingerprint density at radius 1 is 1.32 bits per heavy atom. The van der Waals surface area contributed by atoms with Crippen molar-refractivity contribution in [3.63, 3.8) is 0 Å². The van der Waals surface area contributed by atoms with Crippen molar-refractivity contribution < 1.29 is 9.66 Å². The lowest BCUT2D eigenvalue weighted by Crippen LogP contribution is -2.12. The fourth-order valence-electron chi connectivity index (χ4n) is 1.96. The summed E-state index contributed by atoms with van der Waals surface area (Å²) in [6.45, 7) is 2.77. The van der Waals surface area contributed by atoms with Gasteiger partial charge in [-0.1, -0.05) is 12.1 Å². The molecule has 0 aliphatic rings. The van der Waals surface area contributed by atoms with Crippen molar-refractivity contribution in [2.45, 2.75) is 6.92 Å². The summed E-state index contributed by atoms with van der Waals surface area (Å²) in [4.78, 5) is 10.5. The van der Waals surface area contributed by atoms with Crippen molar-refractivity contribution in [3.05, 3.63) is 63.7 Å². The van der Waals surface area contributed by atoms with E-state index in [9.17, 15) is 10.1 Å². The normalized spacial score (nSPS) is 9.82. The third-order valence-electron chi connectivity index (χ3n) is 3.00. The van der Waals surface area contributed by atoms with Crippen LogP contribution in [0.3, 0.4) is 0 Å². The highest BCUT2D eigenvalue weighted by Gasteiger charge is 2.14. The van der Waals surface area contributed by atoms with Gasteiger partial charge in [0.15, 0.2) is 0 Å². The van der Waals surface area contributed by atoms with Crippen molar-refractivity contribution >= 4 is 11.4 Å². The number of hydrogen-bond donors (Lipinski definition) is 1. The molecular formula is C16H15N3O3. The Morgan fingerprint density at radius 2 is 2.14 bits per heavy atom. The third-order valence-corrected chi connectivity index (χ3v) is 3.00. The minimum absolute atomic E-state index is 0.116. The Hall–Kier alpha value is -3.07. The Balaban J connectivity index is 1.94. The second kappa shape index (κ2) is 7.09. The fraction of sp³-hybridized carbons (Fsp3) is 0.188. The van der Waals surface area contributed by atoms with Crippen molar-refractivity contribution in [1.82, 2.24) is 0 Å². The van der Waals surface area contributed by atoms with Gasteiger partial charge in [0.1, 0.15) is 18.0 Å². The summed E-state index contributed by atoms with van der Waals surface area (Å²) in [6, 6.07) is 13.9. The van der Waals surface area contributed by atoms with Gasteiger partial charge in [-0.15, -0.1) is 0 Å². The number of rotatable bonds is 6. The van der Waals surface area contributed by atoms with Crippen LogP contribution in [0, 0.1) is 28.4 Å². The molecule has 0 radical (unpaired) electrons. The largest absolute Gasteiger partial charge is 0.492 e. The number of nitrogens with one attached hydrogen (secondary N) is 1. The summed E-state index contributed by atoms with van der Waals surface area (Å²) in [6.07, 6.45) is 0. The molecule has 0 aliphatic carbocycles. The number of benzene rings is 2. The Labute approximate surface area is 128 Å². The van der Waals surface area contributed by atoms with E-state index in [4.69, 9.17) is 10.00 Å². The number of anilines is 1. The van der Waals surface area contributed by atoms with Gasteiger partial charge in [-0.3, -0.25) is 10.1 Å². The van der Waals surface area contributed by atoms with Crippen molar-refractivity contribution in [1.29, 1.82) is 5.26 Å². The molecule has 2 rings (SSSR count). The Bertz CT molecular complexity index is 723. The summed E-state index contributed by atoms with van der Waals surface area (Å²) in [5, 5.41) is 22.7. The van der Waals surface area contributed by atoms with Crippen molar-refractivity contribution in [3.8, 4) is 11.8 Å². The second-order valence-electron chi connectivity index (χ2n) is 4.69. The zero-order chi connectivity index (χ0) is 15.9. The number of nitriles is 1. The van der Waals surface area contributed by atoms with E-state index in [1.165, 1.54) is 18.2 Å². The number of aryl methyl sites for hydroxylation is 1. The van der Waals surface area contributed by atoms with E-state index in [1.54, 1.807) is 0 Å². The molecule has 0 heterocycles. The van der Waals surface area contributed by atoms with Crippen LogP contribution >= 0.6 is 0 Å². The van der Waals surface area contributed by atoms with Gasteiger partial charge in [0.2, 0.25) is 0 Å². The molecule has 2 aromatic carbocycles. The highest BCUT2D eigenvalue weighted by molar-refractivity contribution is 5.64. The number of hydrogen-bond acceptors (Lipinski definition) is 5. The number of nitro groups is 1. The smallest absolute Gasteiger partial charge is 0.293 e. The van der Waals surface area contributed by atoms with E-state index < -0.39 is 4.92 Å². The zero-order valence-corrected chi connectivity index (χ0v) is 12.1.